The van der Waals surface area contributed by atoms with Gasteiger partial charge in [0.1, 0.15) is 6.10 Å². The van der Waals surface area contributed by atoms with Gasteiger partial charge in [0.2, 0.25) is 0 Å². The van der Waals surface area contributed by atoms with Crippen molar-refractivity contribution in [3.63, 3.8) is 0 Å². The van der Waals surface area contributed by atoms with Crippen molar-refractivity contribution < 1.29 is 9.47 Å². The molecular formula is C18H29NO2. The number of nitrogens with one attached hydrogen (secondary N) is 1. The van der Waals surface area contributed by atoms with Gasteiger partial charge in [0.25, 0.3) is 0 Å². The summed E-state index contributed by atoms with van der Waals surface area (Å²) < 4.78 is 12.2. The average molecular weight is 291 g/mol. The average Bonchev–Trinajstić information content (AvgIpc) is 2.51. The van der Waals surface area contributed by atoms with Gasteiger partial charge in [0.15, 0.2) is 11.5 Å². The van der Waals surface area contributed by atoms with E-state index >= 15 is 0 Å². The molecule has 2 rings (SSSR count). The highest BCUT2D eigenvalue weighted by molar-refractivity contribution is 5.46. The van der Waals surface area contributed by atoms with Gasteiger partial charge in [0.05, 0.1) is 6.61 Å². The van der Waals surface area contributed by atoms with Crippen LogP contribution in [0.2, 0.25) is 0 Å². The van der Waals surface area contributed by atoms with E-state index in [0.717, 1.165) is 24.5 Å². The quantitative estimate of drug-likeness (QED) is 0.818. The van der Waals surface area contributed by atoms with Crippen molar-refractivity contribution >= 4 is 0 Å². The minimum atomic E-state index is 0.334. The second-order valence-electron chi connectivity index (χ2n) is 5.82. The summed E-state index contributed by atoms with van der Waals surface area (Å²) in [4.78, 5) is 0. The lowest BCUT2D eigenvalue weighted by Gasteiger charge is -2.32. The largest absolute Gasteiger partial charge is 0.490 e. The Morgan fingerprint density at radius 1 is 1.19 bits per heavy atom. The highest BCUT2D eigenvalue weighted by atomic mass is 16.5. The van der Waals surface area contributed by atoms with Gasteiger partial charge in [-0.2, -0.15) is 0 Å². The molecule has 1 fully saturated rings. The van der Waals surface area contributed by atoms with Crippen LogP contribution in [-0.2, 0) is 6.54 Å². The predicted molar refractivity (Wildman–Crippen MR) is 87.0 cm³/mol. The number of hydrogen-bond donors (Lipinski definition) is 1. The number of benzene rings is 1. The molecule has 1 aromatic rings. The molecule has 1 saturated carbocycles. The van der Waals surface area contributed by atoms with Gasteiger partial charge in [-0.3, -0.25) is 0 Å². The summed E-state index contributed by atoms with van der Waals surface area (Å²) in [6.07, 6.45) is 6.61. The highest BCUT2D eigenvalue weighted by Gasteiger charge is 2.27. The first-order chi connectivity index (χ1) is 10.3. The topological polar surface area (TPSA) is 30.5 Å². The highest BCUT2D eigenvalue weighted by Crippen LogP contribution is 2.37. The van der Waals surface area contributed by atoms with Crippen molar-refractivity contribution in [2.45, 2.75) is 58.6 Å². The molecule has 21 heavy (non-hydrogen) atoms. The van der Waals surface area contributed by atoms with Gasteiger partial charge in [0, 0.05) is 12.1 Å². The lowest BCUT2D eigenvalue weighted by atomic mass is 9.84. The Morgan fingerprint density at radius 2 is 2.00 bits per heavy atom. The molecule has 1 aromatic carbocycles. The molecule has 2 atom stereocenters. The molecule has 2 unspecified atom stereocenters. The van der Waals surface area contributed by atoms with Crippen molar-refractivity contribution in [3.05, 3.63) is 23.8 Å². The fourth-order valence-corrected chi connectivity index (χ4v) is 3.24. The molecule has 0 radical (unpaired) electrons. The molecule has 0 aromatic heterocycles. The maximum atomic E-state index is 6.46. The molecule has 0 bridgehead atoms. The molecule has 0 amide bonds. The molecule has 0 heterocycles. The summed E-state index contributed by atoms with van der Waals surface area (Å²) in [5, 5.41) is 3.22. The van der Waals surface area contributed by atoms with Crippen LogP contribution in [0.1, 0.15) is 51.5 Å². The van der Waals surface area contributed by atoms with Gasteiger partial charge >= 0.3 is 0 Å². The van der Waals surface area contributed by atoms with Crippen molar-refractivity contribution in [2.75, 3.05) is 13.7 Å². The van der Waals surface area contributed by atoms with E-state index in [2.05, 4.69) is 18.3 Å². The first-order valence-corrected chi connectivity index (χ1v) is 8.36. The zero-order chi connectivity index (χ0) is 15.1. The Balaban J connectivity index is 2.22. The Labute approximate surface area is 129 Å². The van der Waals surface area contributed by atoms with Crippen LogP contribution in [0.25, 0.3) is 0 Å². The van der Waals surface area contributed by atoms with Crippen LogP contribution >= 0.6 is 0 Å². The van der Waals surface area contributed by atoms with Crippen LogP contribution in [-0.4, -0.2) is 19.8 Å². The smallest absolute Gasteiger partial charge is 0.166 e. The van der Waals surface area contributed by atoms with Gasteiger partial charge in [-0.1, -0.05) is 25.5 Å². The minimum absolute atomic E-state index is 0.334. The van der Waals surface area contributed by atoms with E-state index in [4.69, 9.17) is 9.47 Å². The van der Waals surface area contributed by atoms with E-state index in [1.807, 2.05) is 26.1 Å². The van der Waals surface area contributed by atoms with Gasteiger partial charge < -0.3 is 14.8 Å². The molecule has 118 valence electrons. The van der Waals surface area contributed by atoms with E-state index in [0.29, 0.717) is 18.6 Å². The second kappa shape index (κ2) is 8.28. The maximum Gasteiger partial charge on any atom is 0.166 e. The van der Waals surface area contributed by atoms with Crippen molar-refractivity contribution in [1.82, 2.24) is 5.32 Å². The van der Waals surface area contributed by atoms with E-state index in [-0.39, 0.29) is 0 Å². The summed E-state index contributed by atoms with van der Waals surface area (Å²) in [7, 11) is 1.96. The van der Waals surface area contributed by atoms with Crippen LogP contribution < -0.4 is 14.8 Å². The molecular weight excluding hydrogens is 262 g/mol. The number of rotatable bonds is 7. The minimum Gasteiger partial charge on any atom is -0.490 e. The Hall–Kier alpha value is -1.22. The fourth-order valence-electron chi connectivity index (χ4n) is 3.24. The summed E-state index contributed by atoms with van der Waals surface area (Å²) in [6.45, 7) is 5.76. The summed E-state index contributed by atoms with van der Waals surface area (Å²) in [6, 6.07) is 6.18. The summed E-state index contributed by atoms with van der Waals surface area (Å²) in [5.74, 6) is 2.50. The Morgan fingerprint density at radius 3 is 2.71 bits per heavy atom. The SMILES string of the molecule is CCOc1cccc(CNC)c1OC1CCCCC1CC. The van der Waals surface area contributed by atoms with E-state index in [1.165, 1.54) is 31.2 Å². The second-order valence-corrected chi connectivity index (χ2v) is 5.82. The number of hydrogen-bond acceptors (Lipinski definition) is 3. The predicted octanol–water partition coefficient (Wildman–Crippen LogP) is 4.15. The lowest BCUT2D eigenvalue weighted by molar-refractivity contribution is 0.0854. The zero-order valence-electron chi connectivity index (χ0n) is 13.7. The Bertz CT molecular complexity index is 409. The molecule has 3 nitrogen and oxygen atoms in total. The van der Waals surface area contributed by atoms with E-state index in [1.54, 1.807) is 0 Å². The van der Waals surface area contributed by atoms with Crippen molar-refractivity contribution in [3.8, 4) is 11.5 Å². The summed E-state index contributed by atoms with van der Waals surface area (Å²) >= 11 is 0. The summed E-state index contributed by atoms with van der Waals surface area (Å²) in [5.41, 5.74) is 1.18. The molecule has 1 aliphatic carbocycles. The van der Waals surface area contributed by atoms with Crippen LogP contribution in [0.3, 0.4) is 0 Å². The molecule has 0 saturated heterocycles. The lowest BCUT2D eigenvalue weighted by Crippen LogP contribution is -2.30. The van der Waals surface area contributed by atoms with Crippen LogP contribution in [0, 0.1) is 5.92 Å². The van der Waals surface area contributed by atoms with Crippen LogP contribution in [0.15, 0.2) is 18.2 Å². The molecule has 0 aliphatic heterocycles. The fraction of sp³-hybridized carbons (Fsp3) is 0.667. The zero-order valence-corrected chi connectivity index (χ0v) is 13.7. The molecule has 1 N–H and O–H groups in total. The standard InChI is InChI=1S/C18H29NO2/c1-4-14-9-6-7-11-16(14)21-18-15(13-19-3)10-8-12-17(18)20-5-2/h8,10,12,14,16,19H,4-7,9,11,13H2,1-3H3. The first-order valence-electron chi connectivity index (χ1n) is 8.36. The normalized spacial score (nSPS) is 22.0. The van der Waals surface area contributed by atoms with E-state index < -0.39 is 0 Å². The van der Waals surface area contributed by atoms with Crippen molar-refractivity contribution in [2.24, 2.45) is 5.92 Å². The van der Waals surface area contributed by atoms with E-state index in [9.17, 15) is 0 Å². The maximum absolute atomic E-state index is 6.46. The van der Waals surface area contributed by atoms with Gasteiger partial charge in [-0.05, 0) is 51.6 Å². The van der Waals surface area contributed by atoms with Gasteiger partial charge in [-0.15, -0.1) is 0 Å². The monoisotopic (exact) mass is 291 g/mol. The third kappa shape index (κ3) is 4.13. The third-order valence-electron chi connectivity index (χ3n) is 4.36. The number of ether oxygens (including phenoxy) is 2. The Kier molecular flexibility index (Phi) is 6.37. The molecule has 0 spiro atoms. The molecule has 3 heteroatoms. The van der Waals surface area contributed by atoms with Crippen LogP contribution in [0.4, 0.5) is 0 Å². The third-order valence-corrected chi connectivity index (χ3v) is 4.36. The van der Waals surface area contributed by atoms with Gasteiger partial charge in [-0.25, -0.2) is 0 Å². The van der Waals surface area contributed by atoms with Crippen LogP contribution in [0.5, 0.6) is 11.5 Å². The first kappa shape index (κ1) is 16.2. The number of para-hydroxylation sites is 1. The molecule has 1 aliphatic rings. The van der Waals surface area contributed by atoms with Crippen molar-refractivity contribution in [1.29, 1.82) is 0 Å².